The van der Waals surface area contributed by atoms with Gasteiger partial charge >= 0.3 is 0 Å². The summed E-state index contributed by atoms with van der Waals surface area (Å²) < 4.78 is 7.26. The molecule has 4 N–H and O–H groups in total. The van der Waals surface area contributed by atoms with Crippen molar-refractivity contribution < 1.29 is 4.74 Å². The number of para-hydroxylation sites is 2. The van der Waals surface area contributed by atoms with E-state index in [1.54, 1.807) is 22.8 Å². The van der Waals surface area contributed by atoms with Crippen LogP contribution in [0.4, 0.5) is 11.8 Å². The Morgan fingerprint density at radius 2 is 1.79 bits per heavy atom. The minimum atomic E-state index is -0.495. The lowest BCUT2D eigenvalue weighted by atomic mass is 10.1. The van der Waals surface area contributed by atoms with Crippen LogP contribution in [0.2, 0.25) is 0 Å². The van der Waals surface area contributed by atoms with Crippen molar-refractivity contribution in [3.8, 4) is 5.69 Å². The highest BCUT2D eigenvalue weighted by Gasteiger charge is 2.22. The summed E-state index contributed by atoms with van der Waals surface area (Å²) in [6, 6.07) is 16.4. The van der Waals surface area contributed by atoms with E-state index in [-0.39, 0.29) is 17.4 Å². The Bertz CT molecular complexity index is 1550. The Hall–Kier alpha value is -4.53. The average molecular weight is 512 g/mol. The zero-order valence-electron chi connectivity index (χ0n) is 22.3. The number of aryl methyl sites for hydroxylation is 1. The van der Waals surface area contributed by atoms with E-state index >= 15 is 0 Å². The van der Waals surface area contributed by atoms with E-state index < -0.39 is 11.6 Å². The first-order valence-electron chi connectivity index (χ1n) is 12.5. The highest BCUT2D eigenvalue weighted by atomic mass is 16.5. The number of hydrogen-bond donors (Lipinski definition) is 3. The van der Waals surface area contributed by atoms with Gasteiger partial charge in [0, 0.05) is 11.6 Å². The Morgan fingerprint density at radius 1 is 1.11 bits per heavy atom. The summed E-state index contributed by atoms with van der Waals surface area (Å²) in [5, 5.41) is 12.2. The van der Waals surface area contributed by atoms with Gasteiger partial charge in [0.15, 0.2) is 0 Å². The predicted molar refractivity (Wildman–Crippen MR) is 153 cm³/mol. The second kappa shape index (κ2) is 10.8. The van der Waals surface area contributed by atoms with Crippen LogP contribution in [-0.4, -0.2) is 31.0 Å². The molecule has 0 radical (unpaired) electrons. The van der Waals surface area contributed by atoms with Crippen LogP contribution in [0.15, 0.2) is 65.5 Å². The molecule has 0 saturated heterocycles. The summed E-state index contributed by atoms with van der Waals surface area (Å²) in [6.07, 6.45) is 3.90. The summed E-state index contributed by atoms with van der Waals surface area (Å²) in [6.45, 7) is 9.48. The molecule has 196 valence electrons. The number of fused-ring (bicyclic) bond motifs is 1. The zero-order valence-corrected chi connectivity index (χ0v) is 22.3. The summed E-state index contributed by atoms with van der Waals surface area (Å²) in [5.41, 5.74) is 8.01. The molecule has 1 unspecified atom stereocenters. The van der Waals surface area contributed by atoms with Crippen molar-refractivity contribution in [3.05, 3.63) is 88.1 Å². The molecule has 9 heteroatoms. The number of nitrogens with one attached hydrogen (secondary N) is 2. The third-order valence-corrected chi connectivity index (χ3v) is 5.82. The molecule has 2 aromatic heterocycles. The zero-order chi connectivity index (χ0) is 27.4. The van der Waals surface area contributed by atoms with Crippen LogP contribution < -0.4 is 16.6 Å². The maximum atomic E-state index is 13.7. The van der Waals surface area contributed by atoms with Gasteiger partial charge in [0.25, 0.3) is 5.56 Å². The summed E-state index contributed by atoms with van der Waals surface area (Å²) in [5.74, 6) is 1.16. The number of hydrogen-bond acceptors (Lipinski definition) is 8. The van der Waals surface area contributed by atoms with Gasteiger partial charge in [-0.25, -0.2) is 9.97 Å². The molecule has 0 aliphatic rings. The highest BCUT2D eigenvalue weighted by Crippen LogP contribution is 2.27. The first kappa shape index (κ1) is 26.5. The lowest BCUT2D eigenvalue weighted by Crippen LogP contribution is -2.28. The molecule has 2 heterocycles. The number of nitrogens with two attached hydrogens (primary N) is 1. The minimum absolute atomic E-state index is 0.0147. The Labute approximate surface area is 221 Å². The largest absolute Gasteiger partial charge is 0.472 e. The van der Waals surface area contributed by atoms with Crippen molar-refractivity contribution in [2.24, 2.45) is 0 Å². The summed E-state index contributed by atoms with van der Waals surface area (Å²) in [7, 11) is 0. The van der Waals surface area contributed by atoms with Crippen molar-refractivity contribution in [1.29, 1.82) is 5.41 Å². The Balaban J connectivity index is 1.82. The maximum Gasteiger partial charge on any atom is 0.266 e. The van der Waals surface area contributed by atoms with Crippen LogP contribution in [0, 0.1) is 12.3 Å². The van der Waals surface area contributed by atoms with Gasteiger partial charge in [-0.3, -0.25) is 14.8 Å². The van der Waals surface area contributed by atoms with E-state index in [1.165, 1.54) is 0 Å². The monoisotopic (exact) mass is 511 g/mol. The molecular formula is C29H33N7O2. The number of nitrogens with zero attached hydrogens (tertiary/aromatic N) is 4. The molecule has 9 nitrogen and oxygen atoms in total. The van der Waals surface area contributed by atoms with Gasteiger partial charge in [0.1, 0.15) is 17.2 Å². The van der Waals surface area contributed by atoms with Crippen molar-refractivity contribution in [2.75, 3.05) is 11.1 Å². The van der Waals surface area contributed by atoms with E-state index in [2.05, 4.69) is 15.3 Å². The van der Waals surface area contributed by atoms with Crippen LogP contribution in [0.1, 0.15) is 57.2 Å². The SMILES string of the molecule is CCC(Nc1nc(N)nc(C)c1/C=C/C(=N)OC(C)(C)C)c1nc2ccccc2c(=O)n1-c1ccccc1. The number of rotatable bonds is 7. The van der Waals surface area contributed by atoms with Gasteiger partial charge < -0.3 is 15.8 Å². The van der Waals surface area contributed by atoms with Crippen molar-refractivity contribution >= 4 is 34.6 Å². The minimum Gasteiger partial charge on any atom is -0.472 e. The maximum absolute atomic E-state index is 13.7. The highest BCUT2D eigenvalue weighted by molar-refractivity contribution is 5.90. The Morgan fingerprint density at radius 3 is 2.47 bits per heavy atom. The number of benzene rings is 2. The van der Waals surface area contributed by atoms with E-state index in [4.69, 9.17) is 20.9 Å². The fourth-order valence-electron chi connectivity index (χ4n) is 4.16. The molecule has 0 saturated carbocycles. The second-order valence-corrected chi connectivity index (χ2v) is 9.91. The molecule has 4 aromatic rings. The predicted octanol–water partition coefficient (Wildman–Crippen LogP) is 5.44. The van der Waals surface area contributed by atoms with E-state index in [9.17, 15) is 4.79 Å². The van der Waals surface area contributed by atoms with Crippen LogP contribution in [-0.2, 0) is 4.74 Å². The molecular weight excluding hydrogens is 478 g/mol. The third kappa shape index (κ3) is 5.88. The van der Waals surface area contributed by atoms with Crippen LogP contribution in [0.25, 0.3) is 22.7 Å². The first-order chi connectivity index (χ1) is 18.1. The third-order valence-electron chi connectivity index (χ3n) is 5.82. The molecule has 4 rings (SSSR count). The Kier molecular flexibility index (Phi) is 7.57. The van der Waals surface area contributed by atoms with E-state index in [0.717, 1.165) is 5.69 Å². The van der Waals surface area contributed by atoms with Crippen molar-refractivity contribution in [3.63, 3.8) is 0 Å². The molecule has 0 bridgehead atoms. The lowest BCUT2D eigenvalue weighted by molar-refractivity contribution is 0.117. The standard InChI is InChI=1S/C29H33N7O2/c1-6-22(33-25-20(18(2)32-28(31)35-25)16-17-24(30)38-29(3,4)5)26-34-23-15-11-10-14-21(23)27(37)36(26)19-12-8-7-9-13-19/h7-17,22,30H,6H2,1-5H3,(H3,31,32,33,35)/b17-16+,30-24?. The summed E-state index contributed by atoms with van der Waals surface area (Å²) in [4.78, 5) is 27.4. The van der Waals surface area contributed by atoms with Crippen LogP contribution in [0.5, 0.6) is 0 Å². The fraction of sp³-hybridized carbons (Fsp3) is 0.276. The molecule has 38 heavy (non-hydrogen) atoms. The van der Waals surface area contributed by atoms with Gasteiger partial charge in [0.05, 0.1) is 28.3 Å². The second-order valence-electron chi connectivity index (χ2n) is 9.91. The molecule has 0 fully saturated rings. The number of ether oxygens (including phenoxy) is 1. The molecule has 0 aliphatic carbocycles. The number of anilines is 2. The van der Waals surface area contributed by atoms with Gasteiger partial charge in [-0.05, 0) is 64.5 Å². The van der Waals surface area contributed by atoms with E-state index in [1.807, 2.05) is 83.1 Å². The average Bonchev–Trinajstić information content (AvgIpc) is 2.86. The number of nitrogen functional groups attached to an aromatic ring is 1. The smallest absolute Gasteiger partial charge is 0.266 e. The van der Waals surface area contributed by atoms with Crippen molar-refractivity contribution in [2.45, 2.75) is 52.7 Å². The molecule has 2 aromatic carbocycles. The van der Waals surface area contributed by atoms with Gasteiger partial charge in [-0.1, -0.05) is 37.3 Å². The van der Waals surface area contributed by atoms with Gasteiger partial charge in [-0.15, -0.1) is 0 Å². The normalized spacial score (nSPS) is 12.6. The van der Waals surface area contributed by atoms with Crippen LogP contribution >= 0.6 is 0 Å². The molecule has 0 spiro atoms. The lowest BCUT2D eigenvalue weighted by Gasteiger charge is -2.23. The fourth-order valence-corrected chi connectivity index (χ4v) is 4.16. The van der Waals surface area contributed by atoms with Gasteiger partial charge in [-0.2, -0.15) is 4.98 Å². The topological polar surface area (TPSA) is 132 Å². The van der Waals surface area contributed by atoms with Crippen molar-refractivity contribution in [1.82, 2.24) is 19.5 Å². The molecule has 0 amide bonds. The molecule has 0 aliphatic heterocycles. The first-order valence-corrected chi connectivity index (χ1v) is 12.5. The number of aromatic nitrogens is 4. The van der Waals surface area contributed by atoms with Crippen LogP contribution in [0.3, 0.4) is 0 Å². The summed E-state index contributed by atoms with van der Waals surface area (Å²) >= 11 is 0. The van der Waals surface area contributed by atoms with E-state index in [0.29, 0.717) is 40.2 Å². The molecule has 1 atom stereocenters. The van der Waals surface area contributed by atoms with Gasteiger partial charge in [0.2, 0.25) is 11.8 Å². The quantitative estimate of drug-likeness (QED) is 0.222.